The number of carbonyl (C=O) groups excluding carboxylic acids is 1. The monoisotopic (exact) mass is 354 g/mol. The van der Waals surface area contributed by atoms with Gasteiger partial charge in [0.1, 0.15) is 0 Å². The number of fused-ring (bicyclic) bond motifs is 1. The number of carbonyl (C=O) groups is 1. The maximum absolute atomic E-state index is 12.6. The van der Waals surface area contributed by atoms with Gasteiger partial charge in [-0.2, -0.15) is 5.10 Å². The van der Waals surface area contributed by atoms with Crippen molar-refractivity contribution >= 4 is 5.91 Å². The lowest BCUT2D eigenvalue weighted by Crippen LogP contribution is -2.41. The largest absolute Gasteiger partial charge is 0.393 e. The maximum Gasteiger partial charge on any atom is 0.221 e. The van der Waals surface area contributed by atoms with Gasteiger partial charge in [0.25, 0.3) is 0 Å². The van der Waals surface area contributed by atoms with Gasteiger partial charge in [-0.3, -0.25) is 14.4 Å². The lowest BCUT2D eigenvalue weighted by molar-refractivity contribution is -0.123. The summed E-state index contributed by atoms with van der Waals surface area (Å²) in [5, 5.41) is 17.1. The molecule has 1 amide bonds. The van der Waals surface area contributed by atoms with Gasteiger partial charge in [-0.1, -0.05) is 24.3 Å². The number of nitrogens with one attached hydrogen (secondary N) is 1. The standard InChI is InChI=1S/C20H26N4O2/c1-23-11-17(10-21-23)20(16-8-18(25)9-16)22-19(26)6-7-24-12-14-4-2-3-5-15(14)13-24/h2-5,10-11,16,18,20,25H,6-9,12-13H2,1H3,(H,22,26)/t16?,18?,20-/m0/s1. The van der Waals surface area contributed by atoms with Gasteiger partial charge in [0.05, 0.1) is 18.3 Å². The van der Waals surface area contributed by atoms with Crippen LogP contribution in [-0.2, 0) is 24.9 Å². The van der Waals surface area contributed by atoms with Crippen molar-refractivity contribution in [2.45, 2.75) is 44.5 Å². The Labute approximate surface area is 153 Å². The summed E-state index contributed by atoms with van der Waals surface area (Å²) in [7, 11) is 1.88. The number of aliphatic hydroxyl groups is 1. The molecule has 0 saturated heterocycles. The van der Waals surface area contributed by atoms with Gasteiger partial charge < -0.3 is 10.4 Å². The summed E-state index contributed by atoms with van der Waals surface area (Å²) in [5.74, 6) is 0.352. The first-order valence-electron chi connectivity index (χ1n) is 9.33. The SMILES string of the molecule is Cn1cc([C@@H](NC(=O)CCN2Cc3ccccc3C2)C2CC(O)C2)cn1. The molecule has 2 heterocycles. The minimum atomic E-state index is -0.237. The molecular weight excluding hydrogens is 328 g/mol. The molecule has 4 rings (SSSR count). The van der Waals surface area contributed by atoms with Crippen molar-refractivity contribution in [2.24, 2.45) is 13.0 Å². The van der Waals surface area contributed by atoms with E-state index in [-0.39, 0.29) is 24.0 Å². The van der Waals surface area contributed by atoms with Gasteiger partial charge in [0, 0.05) is 44.9 Å². The first-order chi connectivity index (χ1) is 12.6. The van der Waals surface area contributed by atoms with Crippen molar-refractivity contribution in [3.8, 4) is 0 Å². The number of amides is 1. The zero-order valence-electron chi connectivity index (χ0n) is 15.1. The highest BCUT2D eigenvalue weighted by molar-refractivity contribution is 5.76. The van der Waals surface area contributed by atoms with E-state index in [2.05, 4.69) is 39.6 Å². The second-order valence-corrected chi connectivity index (χ2v) is 7.61. The molecule has 0 radical (unpaired) electrons. The molecule has 1 aliphatic heterocycles. The Morgan fingerprint density at radius 3 is 2.58 bits per heavy atom. The third-order valence-corrected chi connectivity index (χ3v) is 5.58. The minimum Gasteiger partial charge on any atom is -0.393 e. The van der Waals surface area contributed by atoms with Crippen LogP contribution >= 0.6 is 0 Å². The van der Waals surface area contributed by atoms with Crippen molar-refractivity contribution in [2.75, 3.05) is 6.54 Å². The molecule has 0 spiro atoms. The van der Waals surface area contributed by atoms with Gasteiger partial charge in [0.15, 0.2) is 0 Å². The normalized spacial score (nSPS) is 23.3. The summed E-state index contributed by atoms with van der Waals surface area (Å²) in [6.07, 6.45) is 5.49. The third kappa shape index (κ3) is 3.66. The summed E-state index contributed by atoms with van der Waals surface area (Å²) in [6.45, 7) is 2.60. The van der Waals surface area contributed by atoms with Crippen molar-refractivity contribution < 1.29 is 9.90 Å². The molecule has 1 aromatic carbocycles. The number of aliphatic hydroxyl groups excluding tert-OH is 1. The molecule has 2 aliphatic rings. The predicted molar refractivity (Wildman–Crippen MR) is 98.0 cm³/mol. The molecule has 138 valence electrons. The van der Waals surface area contributed by atoms with Crippen LogP contribution in [0.1, 0.15) is 42.0 Å². The molecule has 1 aliphatic carbocycles. The van der Waals surface area contributed by atoms with E-state index in [1.165, 1.54) is 11.1 Å². The number of rotatable bonds is 6. The Morgan fingerprint density at radius 1 is 1.31 bits per heavy atom. The molecule has 1 aromatic heterocycles. The molecule has 2 N–H and O–H groups in total. The lowest BCUT2D eigenvalue weighted by Gasteiger charge is -2.37. The van der Waals surface area contributed by atoms with E-state index in [0.717, 1.165) is 38.0 Å². The highest BCUT2D eigenvalue weighted by atomic mass is 16.3. The van der Waals surface area contributed by atoms with Crippen molar-refractivity contribution in [1.29, 1.82) is 0 Å². The van der Waals surface area contributed by atoms with Gasteiger partial charge in [-0.15, -0.1) is 0 Å². The Kier molecular flexibility index (Phi) is 4.78. The Morgan fingerprint density at radius 2 is 2.00 bits per heavy atom. The maximum atomic E-state index is 12.6. The molecule has 6 heteroatoms. The first-order valence-corrected chi connectivity index (χ1v) is 9.33. The first kappa shape index (κ1) is 17.2. The molecular formula is C20H26N4O2. The summed E-state index contributed by atoms with van der Waals surface area (Å²) in [5.41, 5.74) is 3.75. The van der Waals surface area contributed by atoms with E-state index in [4.69, 9.17) is 0 Å². The van der Waals surface area contributed by atoms with Crippen LogP contribution in [0.25, 0.3) is 0 Å². The smallest absolute Gasteiger partial charge is 0.221 e. The average molecular weight is 354 g/mol. The van der Waals surface area contributed by atoms with Gasteiger partial charge in [-0.25, -0.2) is 0 Å². The van der Waals surface area contributed by atoms with Crippen LogP contribution in [0.5, 0.6) is 0 Å². The van der Waals surface area contributed by atoms with Crippen LogP contribution in [0.4, 0.5) is 0 Å². The van der Waals surface area contributed by atoms with Crippen LogP contribution < -0.4 is 5.32 Å². The number of benzene rings is 1. The van der Waals surface area contributed by atoms with Gasteiger partial charge in [0.2, 0.25) is 5.91 Å². The summed E-state index contributed by atoms with van der Waals surface area (Å²) in [4.78, 5) is 14.9. The number of hydrogen-bond acceptors (Lipinski definition) is 4. The van der Waals surface area contributed by atoms with Gasteiger partial charge in [-0.05, 0) is 29.9 Å². The van der Waals surface area contributed by atoms with Crippen LogP contribution in [0.15, 0.2) is 36.7 Å². The average Bonchev–Trinajstić information content (AvgIpc) is 3.21. The number of hydrogen-bond donors (Lipinski definition) is 2. The van der Waals surface area contributed by atoms with Crippen LogP contribution in [-0.4, -0.2) is 38.3 Å². The number of aryl methyl sites for hydroxylation is 1. The van der Waals surface area contributed by atoms with Gasteiger partial charge >= 0.3 is 0 Å². The molecule has 1 saturated carbocycles. The molecule has 1 atom stereocenters. The summed E-state index contributed by atoms with van der Waals surface area (Å²) >= 11 is 0. The van der Waals surface area contributed by atoms with Crippen LogP contribution in [0.2, 0.25) is 0 Å². The van der Waals surface area contributed by atoms with E-state index < -0.39 is 0 Å². The fourth-order valence-electron chi connectivity index (χ4n) is 4.04. The molecule has 0 unspecified atom stereocenters. The fourth-order valence-corrected chi connectivity index (χ4v) is 4.04. The predicted octanol–water partition coefficient (Wildman–Crippen LogP) is 1.75. The van der Waals surface area contributed by atoms with E-state index in [9.17, 15) is 9.90 Å². The molecule has 1 fully saturated rings. The van der Waals surface area contributed by atoms with Crippen molar-refractivity contribution in [3.05, 3.63) is 53.3 Å². The second-order valence-electron chi connectivity index (χ2n) is 7.61. The third-order valence-electron chi connectivity index (χ3n) is 5.58. The topological polar surface area (TPSA) is 70.4 Å². The minimum absolute atomic E-state index is 0.0598. The molecule has 2 aromatic rings. The van der Waals surface area contributed by atoms with Crippen LogP contribution in [0, 0.1) is 5.92 Å². The number of aromatic nitrogens is 2. The Hall–Kier alpha value is -2.18. The lowest BCUT2D eigenvalue weighted by atomic mass is 9.75. The highest BCUT2D eigenvalue weighted by Gasteiger charge is 2.36. The van der Waals surface area contributed by atoms with E-state index in [1.807, 2.05) is 19.4 Å². The Bertz CT molecular complexity index is 757. The van der Waals surface area contributed by atoms with Crippen LogP contribution in [0.3, 0.4) is 0 Å². The van der Waals surface area contributed by atoms with E-state index >= 15 is 0 Å². The Balaban J connectivity index is 1.32. The second kappa shape index (κ2) is 7.21. The van der Waals surface area contributed by atoms with Crippen molar-refractivity contribution in [1.82, 2.24) is 20.0 Å². The zero-order valence-corrected chi connectivity index (χ0v) is 15.1. The molecule has 26 heavy (non-hydrogen) atoms. The fraction of sp³-hybridized carbons (Fsp3) is 0.500. The quantitative estimate of drug-likeness (QED) is 0.829. The number of nitrogens with zero attached hydrogens (tertiary/aromatic N) is 3. The molecule has 0 bridgehead atoms. The zero-order chi connectivity index (χ0) is 18.1. The summed E-state index contributed by atoms with van der Waals surface area (Å²) < 4.78 is 1.75. The highest BCUT2D eigenvalue weighted by Crippen LogP contribution is 2.38. The van der Waals surface area contributed by atoms with E-state index in [0.29, 0.717) is 6.42 Å². The van der Waals surface area contributed by atoms with Crippen molar-refractivity contribution in [3.63, 3.8) is 0 Å². The van der Waals surface area contributed by atoms with E-state index in [1.54, 1.807) is 4.68 Å². The summed E-state index contributed by atoms with van der Waals surface area (Å²) in [6, 6.07) is 8.41. The molecule has 6 nitrogen and oxygen atoms in total.